The van der Waals surface area contributed by atoms with Crippen LogP contribution >= 0.6 is 0 Å². The number of β-amino-alcohol motifs (C(OH)–C–C–N with tert-alkyl or cyclic N) is 1. The molecule has 0 aromatic heterocycles. The van der Waals surface area contributed by atoms with Crippen molar-refractivity contribution in [1.82, 2.24) is 4.90 Å². The predicted octanol–water partition coefficient (Wildman–Crippen LogP) is 2.99. The van der Waals surface area contributed by atoms with Crippen molar-refractivity contribution in [3.63, 3.8) is 0 Å². The zero-order valence-electron chi connectivity index (χ0n) is 16.7. The van der Waals surface area contributed by atoms with Crippen LogP contribution in [-0.4, -0.2) is 54.4 Å². The molecule has 0 spiro atoms. The molecule has 2 N–H and O–H groups in total. The van der Waals surface area contributed by atoms with Gasteiger partial charge in [0.05, 0.1) is 5.69 Å². The molecule has 3 rings (SSSR count). The lowest BCUT2D eigenvalue weighted by Crippen LogP contribution is -2.35. The molecule has 0 saturated carbocycles. The van der Waals surface area contributed by atoms with Crippen LogP contribution in [0.1, 0.15) is 18.9 Å². The Kier molecular flexibility index (Phi) is 7.06. The number of hydrogen-bond donors (Lipinski definition) is 2. The van der Waals surface area contributed by atoms with E-state index in [1.807, 2.05) is 19.1 Å². The molecule has 1 aliphatic heterocycles. The van der Waals surface area contributed by atoms with Gasteiger partial charge in [-0.15, -0.1) is 0 Å². The van der Waals surface area contributed by atoms with Gasteiger partial charge in [0.2, 0.25) is 5.91 Å². The van der Waals surface area contributed by atoms with Crippen molar-refractivity contribution in [3.05, 3.63) is 53.8 Å². The van der Waals surface area contributed by atoms with Gasteiger partial charge in [-0.3, -0.25) is 9.69 Å². The maximum absolute atomic E-state index is 13.0. The zero-order valence-corrected chi connectivity index (χ0v) is 16.7. The second-order valence-electron chi connectivity index (χ2n) is 7.39. The number of benzene rings is 2. The topological polar surface area (TPSA) is 71.0 Å². The van der Waals surface area contributed by atoms with Crippen molar-refractivity contribution in [1.29, 1.82) is 0 Å². The molecule has 2 aromatic rings. The predicted molar refractivity (Wildman–Crippen MR) is 109 cm³/mol. The zero-order chi connectivity index (χ0) is 20.8. The second kappa shape index (κ2) is 9.71. The number of carbonyl (C=O) groups is 1. The first-order chi connectivity index (χ1) is 13.9. The van der Waals surface area contributed by atoms with Gasteiger partial charge in [0.15, 0.2) is 0 Å². The first kappa shape index (κ1) is 21.1. The van der Waals surface area contributed by atoms with E-state index in [-0.39, 0.29) is 24.4 Å². The highest BCUT2D eigenvalue weighted by atomic mass is 19.1. The summed E-state index contributed by atoms with van der Waals surface area (Å²) in [6.07, 6.45) is 0.178. The van der Waals surface area contributed by atoms with Crippen molar-refractivity contribution < 1.29 is 23.8 Å². The molecule has 156 valence electrons. The molecule has 0 aliphatic carbocycles. The number of aliphatic hydroxyl groups is 1. The highest BCUT2D eigenvalue weighted by Gasteiger charge is 2.26. The van der Waals surface area contributed by atoms with Crippen LogP contribution in [0.15, 0.2) is 42.5 Å². The highest BCUT2D eigenvalue weighted by molar-refractivity contribution is 5.90. The normalized spacial score (nSPS) is 17.7. The fraction of sp³-hybridized carbons (Fsp3) is 0.409. The first-order valence-electron chi connectivity index (χ1n) is 9.73. The van der Waals surface area contributed by atoms with E-state index in [0.717, 1.165) is 18.5 Å². The summed E-state index contributed by atoms with van der Waals surface area (Å²) in [5.41, 5.74) is 1.59. The van der Waals surface area contributed by atoms with Gasteiger partial charge in [-0.05, 0) is 55.3 Å². The Labute approximate surface area is 170 Å². The van der Waals surface area contributed by atoms with Crippen molar-refractivity contribution in [2.45, 2.75) is 32.5 Å². The van der Waals surface area contributed by atoms with Gasteiger partial charge in [-0.1, -0.05) is 6.07 Å². The summed E-state index contributed by atoms with van der Waals surface area (Å²) >= 11 is 0. The Balaban J connectivity index is 1.46. The third-order valence-electron chi connectivity index (χ3n) is 4.69. The molecule has 2 aromatic carbocycles. The molecule has 0 radical (unpaired) electrons. The number of hydrogen-bond acceptors (Lipinski definition) is 5. The van der Waals surface area contributed by atoms with E-state index in [1.54, 1.807) is 18.2 Å². The molecule has 2 unspecified atom stereocenters. The summed E-state index contributed by atoms with van der Waals surface area (Å²) in [7, 11) is 0. The van der Waals surface area contributed by atoms with Crippen LogP contribution < -0.4 is 14.8 Å². The standard InChI is InChI=1S/C22H27FN2O4/c1-15-3-8-21(24-16(2)26)22(11-15)28-14-18(27)12-25-10-9-20(13-25)29-19-6-4-17(23)5-7-19/h3-8,11,18,20,27H,9-10,12-14H2,1-2H3,(H,24,26). The average molecular weight is 402 g/mol. The van der Waals surface area contributed by atoms with E-state index in [9.17, 15) is 14.3 Å². The van der Waals surface area contributed by atoms with Gasteiger partial charge in [-0.25, -0.2) is 4.39 Å². The second-order valence-corrected chi connectivity index (χ2v) is 7.39. The van der Waals surface area contributed by atoms with Crippen LogP contribution in [0.2, 0.25) is 0 Å². The van der Waals surface area contributed by atoms with Gasteiger partial charge in [0.1, 0.15) is 36.1 Å². The number of carbonyl (C=O) groups excluding carboxylic acids is 1. The maximum Gasteiger partial charge on any atom is 0.221 e. The number of halogens is 1. The van der Waals surface area contributed by atoms with Crippen molar-refractivity contribution in [2.75, 3.05) is 31.6 Å². The lowest BCUT2D eigenvalue weighted by molar-refractivity contribution is -0.114. The van der Waals surface area contributed by atoms with Crippen molar-refractivity contribution in [2.24, 2.45) is 0 Å². The number of nitrogens with zero attached hydrogens (tertiary/aromatic N) is 1. The number of rotatable bonds is 8. The SMILES string of the molecule is CC(=O)Nc1ccc(C)cc1OCC(O)CN1CCC(Oc2ccc(F)cc2)C1. The number of aryl methyl sites for hydroxylation is 1. The Bertz CT molecular complexity index is 828. The molecule has 2 atom stereocenters. The molecule has 0 bridgehead atoms. The Morgan fingerprint density at radius 1 is 1.31 bits per heavy atom. The van der Waals surface area contributed by atoms with Crippen molar-refractivity contribution >= 4 is 11.6 Å². The quantitative estimate of drug-likeness (QED) is 0.710. The van der Waals surface area contributed by atoms with E-state index < -0.39 is 6.10 Å². The summed E-state index contributed by atoms with van der Waals surface area (Å²) in [4.78, 5) is 13.5. The van der Waals surface area contributed by atoms with Gasteiger partial charge in [-0.2, -0.15) is 0 Å². The van der Waals surface area contributed by atoms with Crippen LogP contribution in [-0.2, 0) is 4.79 Å². The van der Waals surface area contributed by atoms with Crippen LogP contribution in [0.5, 0.6) is 11.5 Å². The monoisotopic (exact) mass is 402 g/mol. The number of ether oxygens (including phenoxy) is 2. The van der Waals surface area contributed by atoms with E-state index in [0.29, 0.717) is 30.3 Å². The van der Waals surface area contributed by atoms with Crippen LogP contribution in [0.25, 0.3) is 0 Å². The van der Waals surface area contributed by atoms with Gasteiger partial charge < -0.3 is 19.9 Å². The molecule has 1 fully saturated rings. The largest absolute Gasteiger partial charge is 0.489 e. The number of aliphatic hydroxyl groups excluding tert-OH is 1. The minimum atomic E-state index is -0.676. The molecule has 1 heterocycles. The Hall–Kier alpha value is -2.64. The highest BCUT2D eigenvalue weighted by Crippen LogP contribution is 2.26. The molecule has 1 amide bonds. The van der Waals surface area contributed by atoms with Gasteiger partial charge in [0, 0.05) is 26.6 Å². The van der Waals surface area contributed by atoms with Gasteiger partial charge >= 0.3 is 0 Å². The van der Waals surface area contributed by atoms with E-state index >= 15 is 0 Å². The molecular weight excluding hydrogens is 375 g/mol. The van der Waals surface area contributed by atoms with Crippen LogP contribution in [0, 0.1) is 12.7 Å². The Morgan fingerprint density at radius 3 is 2.79 bits per heavy atom. The fourth-order valence-electron chi connectivity index (χ4n) is 3.34. The summed E-state index contributed by atoms with van der Waals surface area (Å²) in [6, 6.07) is 11.5. The number of nitrogens with one attached hydrogen (secondary N) is 1. The van der Waals surface area contributed by atoms with Crippen LogP contribution in [0.3, 0.4) is 0 Å². The summed E-state index contributed by atoms with van der Waals surface area (Å²) in [6.45, 7) is 5.46. The third-order valence-corrected chi connectivity index (χ3v) is 4.69. The molecule has 1 saturated heterocycles. The van der Waals surface area contributed by atoms with E-state index in [2.05, 4.69) is 10.2 Å². The number of amides is 1. The lowest BCUT2D eigenvalue weighted by Gasteiger charge is -2.21. The average Bonchev–Trinajstić information content (AvgIpc) is 3.10. The lowest BCUT2D eigenvalue weighted by atomic mass is 10.2. The molecular formula is C22H27FN2O4. The molecule has 1 aliphatic rings. The first-order valence-corrected chi connectivity index (χ1v) is 9.73. The van der Waals surface area contributed by atoms with Gasteiger partial charge in [0.25, 0.3) is 0 Å². The fourth-order valence-corrected chi connectivity index (χ4v) is 3.34. The third kappa shape index (κ3) is 6.44. The van der Waals surface area contributed by atoms with E-state index in [1.165, 1.54) is 19.1 Å². The minimum absolute atomic E-state index is 0.0109. The number of likely N-dealkylation sites (tertiary alicyclic amines) is 1. The van der Waals surface area contributed by atoms with Crippen molar-refractivity contribution in [3.8, 4) is 11.5 Å². The smallest absolute Gasteiger partial charge is 0.221 e. The summed E-state index contributed by atoms with van der Waals surface area (Å²) in [5, 5.41) is 13.1. The summed E-state index contributed by atoms with van der Waals surface area (Å²) < 4.78 is 24.6. The maximum atomic E-state index is 13.0. The molecule has 6 nitrogen and oxygen atoms in total. The molecule has 29 heavy (non-hydrogen) atoms. The minimum Gasteiger partial charge on any atom is -0.489 e. The summed E-state index contributed by atoms with van der Waals surface area (Å²) in [5.74, 6) is 0.720. The molecule has 7 heteroatoms. The Morgan fingerprint density at radius 2 is 2.07 bits per heavy atom. The van der Waals surface area contributed by atoms with Crippen LogP contribution in [0.4, 0.5) is 10.1 Å². The number of anilines is 1. The van der Waals surface area contributed by atoms with E-state index in [4.69, 9.17) is 9.47 Å².